The Balaban J connectivity index is 2.06. The Morgan fingerprint density at radius 3 is 2.68 bits per heavy atom. The molecule has 94 valence electrons. The first-order valence-corrected chi connectivity index (χ1v) is 6.18. The lowest BCUT2D eigenvalue weighted by atomic mass is 10.1. The number of halogens is 1. The molecule has 2 N–H and O–H groups in total. The lowest BCUT2D eigenvalue weighted by Gasteiger charge is -2.09. The lowest BCUT2D eigenvalue weighted by molar-refractivity contribution is 0.469. The van der Waals surface area contributed by atoms with Gasteiger partial charge in [0.05, 0.1) is 11.9 Å². The maximum absolute atomic E-state index is 6.06. The summed E-state index contributed by atoms with van der Waals surface area (Å²) in [6, 6.07) is 15.4. The number of hydrogen-bond donors (Lipinski definition) is 1. The van der Waals surface area contributed by atoms with Gasteiger partial charge in [0.15, 0.2) is 0 Å². The van der Waals surface area contributed by atoms with Crippen molar-refractivity contribution in [3.05, 3.63) is 59.8 Å². The Morgan fingerprint density at radius 1 is 1.05 bits per heavy atom. The van der Waals surface area contributed by atoms with Crippen LogP contribution in [0.3, 0.4) is 0 Å². The molecule has 0 fully saturated rings. The van der Waals surface area contributed by atoms with Gasteiger partial charge in [-0.15, -0.1) is 0 Å². The van der Waals surface area contributed by atoms with Gasteiger partial charge in [0.2, 0.25) is 5.88 Å². The second-order valence-corrected chi connectivity index (χ2v) is 4.54. The molecule has 4 heteroatoms. The lowest BCUT2D eigenvalue weighted by Crippen LogP contribution is -1.92. The fourth-order valence-electron chi connectivity index (χ4n) is 1.90. The molecule has 0 aliphatic heterocycles. The van der Waals surface area contributed by atoms with Gasteiger partial charge in [-0.05, 0) is 17.5 Å². The van der Waals surface area contributed by atoms with Crippen LogP contribution in [0.5, 0.6) is 11.6 Å². The Bertz CT molecular complexity index is 738. The van der Waals surface area contributed by atoms with Crippen molar-refractivity contribution in [3.63, 3.8) is 0 Å². The Morgan fingerprint density at radius 2 is 1.84 bits per heavy atom. The summed E-state index contributed by atoms with van der Waals surface area (Å²) < 4.78 is 5.78. The zero-order valence-electron chi connectivity index (χ0n) is 10.0. The highest BCUT2D eigenvalue weighted by atomic mass is 35.5. The first kappa shape index (κ1) is 11.8. The SMILES string of the molecule is Nc1cnc(Oc2cccc3ccccc23)c(Cl)c1. The standard InChI is InChI=1S/C15H11ClN2O/c16-13-8-11(17)9-18-15(13)19-14-7-3-5-10-4-1-2-6-12(10)14/h1-9H,17H2. The van der Waals surface area contributed by atoms with Crippen molar-refractivity contribution < 1.29 is 4.74 Å². The molecule has 19 heavy (non-hydrogen) atoms. The van der Waals surface area contributed by atoms with Crippen molar-refractivity contribution in [3.8, 4) is 11.6 Å². The molecule has 0 spiro atoms. The molecular formula is C15H11ClN2O. The molecule has 2 aromatic carbocycles. The van der Waals surface area contributed by atoms with E-state index in [0.29, 0.717) is 16.6 Å². The molecule has 0 atom stereocenters. The summed E-state index contributed by atoms with van der Waals surface area (Å²) in [5, 5.41) is 2.51. The van der Waals surface area contributed by atoms with Crippen molar-refractivity contribution in [2.45, 2.75) is 0 Å². The summed E-state index contributed by atoms with van der Waals surface area (Å²) in [5.41, 5.74) is 6.12. The van der Waals surface area contributed by atoms with Gasteiger partial charge in [-0.3, -0.25) is 0 Å². The van der Waals surface area contributed by atoms with E-state index in [4.69, 9.17) is 22.1 Å². The van der Waals surface area contributed by atoms with Gasteiger partial charge in [0.25, 0.3) is 0 Å². The summed E-state index contributed by atoms with van der Waals surface area (Å²) in [4.78, 5) is 4.10. The number of nitrogens with zero attached hydrogens (tertiary/aromatic N) is 1. The summed E-state index contributed by atoms with van der Waals surface area (Å²) in [7, 11) is 0. The van der Waals surface area contributed by atoms with Crippen LogP contribution in [0.1, 0.15) is 0 Å². The molecule has 3 aromatic rings. The van der Waals surface area contributed by atoms with E-state index in [1.54, 1.807) is 6.07 Å². The van der Waals surface area contributed by atoms with Crippen LogP contribution in [-0.2, 0) is 0 Å². The minimum absolute atomic E-state index is 0.354. The van der Waals surface area contributed by atoms with Gasteiger partial charge >= 0.3 is 0 Å². The number of benzene rings is 2. The second kappa shape index (κ2) is 4.78. The number of pyridine rings is 1. The van der Waals surface area contributed by atoms with Gasteiger partial charge in [-0.2, -0.15) is 0 Å². The molecular weight excluding hydrogens is 260 g/mol. The van der Waals surface area contributed by atoms with Crippen molar-refractivity contribution in [2.75, 3.05) is 5.73 Å². The molecule has 0 bridgehead atoms. The van der Waals surface area contributed by atoms with Crippen molar-refractivity contribution in [1.82, 2.24) is 4.98 Å². The smallest absolute Gasteiger partial charge is 0.238 e. The third-order valence-corrected chi connectivity index (χ3v) is 3.06. The van der Waals surface area contributed by atoms with Crippen molar-refractivity contribution in [2.24, 2.45) is 0 Å². The predicted molar refractivity (Wildman–Crippen MR) is 77.7 cm³/mol. The zero-order chi connectivity index (χ0) is 13.2. The van der Waals surface area contributed by atoms with Gasteiger partial charge in [0.1, 0.15) is 10.8 Å². The maximum Gasteiger partial charge on any atom is 0.238 e. The van der Waals surface area contributed by atoms with E-state index in [2.05, 4.69) is 4.98 Å². The molecule has 0 amide bonds. The van der Waals surface area contributed by atoms with E-state index in [0.717, 1.165) is 16.5 Å². The minimum atomic E-state index is 0.354. The highest BCUT2D eigenvalue weighted by molar-refractivity contribution is 6.32. The number of nitrogens with two attached hydrogens (primary N) is 1. The van der Waals surface area contributed by atoms with Gasteiger partial charge in [-0.1, -0.05) is 48.0 Å². The monoisotopic (exact) mass is 270 g/mol. The average Bonchev–Trinajstić information content (AvgIpc) is 2.42. The normalized spacial score (nSPS) is 10.6. The Hall–Kier alpha value is -2.26. The number of ether oxygens (including phenoxy) is 1. The van der Waals surface area contributed by atoms with Crippen LogP contribution in [0.2, 0.25) is 5.02 Å². The van der Waals surface area contributed by atoms with E-state index >= 15 is 0 Å². The van der Waals surface area contributed by atoms with Crippen molar-refractivity contribution >= 4 is 28.1 Å². The van der Waals surface area contributed by atoms with E-state index in [-0.39, 0.29) is 0 Å². The molecule has 0 aliphatic rings. The summed E-state index contributed by atoms with van der Waals surface area (Å²) in [5.74, 6) is 1.07. The quantitative estimate of drug-likeness (QED) is 0.757. The summed E-state index contributed by atoms with van der Waals surface area (Å²) >= 11 is 6.06. The number of rotatable bonds is 2. The predicted octanol–water partition coefficient (Wildman–Crippen LogP) is 4.26. The van der Waals surface area contributed by atoms with Crippen LogP contribution >= 0.6 is 11.6 Å². The Labute approximate surface area is 115 Å². The summed E-state index contributed by atoms with van der Waals surface area (Å²) in [6.07, 6.45) is 1.52. The fourth-order valence-corrected chi connectivity index (χ4v) is 2.12. The van der Waals surface area contributed by atoms with Gasteiger partial charge in [-0.25, -0.2) is 4.98 Å². The van der Waals surface area contributed by atoms with Crippen molar-refractivity contribution in [1.29, 1.82) is 0 Å². The van der Waals surface area contributed by atoms with Crippen LogP contribution in [0, 0.1) is 0 Å². The topological polar surface area (TPSA) is 48.1 Å². The molecule has 0 saturated heterocycles. The zero-order valence-corrected chi connectivity index (χ0v) is 10.8. The fraction of sp³-hybridized carbons (Fsp3) is 0. The van der Waals surface area contributed by atoms with Crippen LogP contribution in [0.25, 0.3) is 10.8 Å². The van der Waals surface area contributed by atoms with E-state index < -0.39 is 0 Å². The van der Waals surface area contributed by atoms with E-state index in [1.807, 2.05) is 42.5 Å². The maximum atomic E-state index is 6.06. The number of hydrogen-bond acceptors (Lipinski definition) is 3. The van der Waals surface area contributed by atoms with Gasteiger partial charge in [0, 0.05) is 5.39 Å². The van der Waals surface area contributed by atoms with E-state index in [9.17, 15) is 0 Å². The molecule has 1 heterocycles. The largest absolute Gasteiger partial charge is 0.437 e. The van der Waals surface area contributed by atoms with Crippen LogP contribution in [-0.4, -0.2) is 4.98 Å². The minimum Gasteiger partial charge on any atom is -0.437 e. The molecule has 3 nitrogen and oxygen atoms in total. The second-order valence-electron chi connectivity index (χ2n) is 4.13. The van der Waals surface area contributed by atoms with Crippen LogP contribution in [0.15, 0.2) is 54.7 Å². The molecule has 0 aliphatic carbocycles. The van der Waals surface area contributed by atoms with Gasteiger partial charge < -0.3 is 10.5 Å². The number of fused-ring (bicyclic) bond motifs is 1. The molecule has 0 saturated carbocycles. The average molecular weight is 271 g/mol. The summed E-state index contributed by atoms with van der Waals surface area (Å²) in [6.45, 7) is 0. The number of nitrogen functional groups attached to an aromatic ring is 1. The Kier molecular flexibility index (Phi) is 2.97. The highest BCUT2D eigenvalue weighted by Gasteiger charge is 2.07. The molecule has 0 unspecified atom stereocenters. The number of aromatic nitrogens is 1. The molecule has 0 radical (unpaired) electrons. The first-order chi connectivity index (χ1) is 9.24. The first-order valence-electron chi connectivity index (χ1n) is 5.81. The van der Waals surface area contributed by atoms with Crippen LogP contribution < -0.4 is 10.5 Å². The van der Waals surface area contributed by atoms with E-state index in [1.165, 1.54) is 6.20 Å². The molecule has 3 rings (SSSR count). The third kappa shape index (κ3) is 2.33. The van der Waals surface area contributed by atoms with Crippen LogP contribution in [0.4, 0.5) is 5.69 Å². The molecule has 1 aromatic heterocycles. The highest BCUT2D eigenvalue weighted by Crippen LogP contribution is 2.32. The third-order valence-electron chi connectivity index (χ3n) is 2.78. The number of anilines is 1.